The van der Waals surface area contributed by atoms with Crippen molar-refractivity contribution in [3.63, 3.8) is 0 Å². The van der Waals surface area contributed by atoms with E-state index >= 15 is 0 Å². The molecule has 150 valence electrons. The molecule has 0 radical (unpaired) electrons. The Morgan fingerprint density at radius 1 is 0.962 bits per heavy atom. The first-order chi connectivity index (χ1) is 12.5. The van der Waals surface area contributed by atoms with Gasteiger partial charge in [0, 0.05) is 26.2 Å². The molecule has 0 aromatic carbocycles. The molecule has 26 heavy (non-hydrogen) atoms. The number of rotatable bonds is 13. The smallest absolute Gasteiger partial charge is 0.232 e. The number of thiol groups is 1. The van der Waals surface area contributed by atoms with Gasteiger partial charge in [-0.15, -0.1) is 4.47 Å². The molecule has 0 aliphatic rings. The van der Waals surface area contributed by atoms with Crippen LogP contribution in [0.25, 0.3) is 0 Å². The molecule has 0 aliphatic heterocycles. The van der Waals surface area contributed by atoms with Crippen molar-refractivity contribution in [3.8, 4) is 0 Å². The Hall–Kier alpha value is -1.33. The number of hydroxylamine groups is 1. The maximum absolute atomic E-state index is 9.16. The zero-order chi connectivity index (χ0) is 19.4. The van der Waals surface area contributed by atoms with Crippen LogP contribution >= 0.6 is 12.8 Å². The van der Waals surface area contributed by atoms with Crippen LogP contribution in [0.2, 0.25) is 0 Å². The van der Waals surface area contributed by atoms with Gasteiger partial charge in [-0.3, -0.25) is 0 Å². The molecule has 0 aliphatic carbocycles. The lowest BCUT2D eigenvalue weighted by molar-refractivity contribution is 0.0240. The summed E-state index contributed by atoms with van der Waals surface area (Å²) in [5, 5.41) is 33.1. The van der Waals surface area contributed by atoms with Gasteiger partial charge in [-0.05, 0) is 0 Å². The van der Waals surface area contributed by atoms with E-state index in [1.807, 2.05) is 0 Å². The lowest BCUT2D eigenvalue weighted by atomic mass is 10.5. The first-order valence-electron chi connectivity index (χ1n) is 7.62. The summed E-state index contributed by atoms with van der Waals surface area (Å²) in [4.78, 5) is 14.2. The molecule has 13 nitrogen and oxygen atoms in total. The van der Waals surface area contributed by atoms with Crippen LogP contribution in [0.4, 0.5) is 17.8 Å². The van der Waals surface area contributed by atoms with E-state index in [-0.39, 0.29) is 63.8 Å². The molecule has 15 heteroatoms. The number of aliphatic hydroxyl groups excluding tert-OH is 2. The van der Waals surface area contributed by atoms with Gasteiger partial charge in [-0.1, -0.05) is 12.8 Å². The fraction of sp³-hybridized carbons (Fsp3) is 0.727. The van der Waals surface area contributed by atoms with E-state index in [2.05, 4.69) is 42.8 Å². The Balaban J connectivity index is 2.90. The largest absolute Gasteiger partial charge is 0.395 e. The van der Waals surface area contributed by atoms with Crippen molar-refractivity contribution in [2.24, 2.45) is 4.36 Å². The highest BCUT2D eigenvalue weighted by atomic mass is 32.2. The molecule has 7 N–H and O–H groups in total. The minimum atomic E-state index is -1.98. The standard InChI is InChI=1S/C11H24N8O5S2/c20-7-5-18(6-8-21)11-16-9(12-1-2-14-26(23)24)15-10(17-11)13-3-4-19(22)25/h20-22,25H,1-8H2,(H2,14,23,24)(H2,12,13,15,16,17). The number of aromatic nitrogens is 3. The van der Waals surface area contributed by atoms with E-state index in [1.165, 1.54) is 0 Å². The second kappa shape index (κ2) is 12.9. The molecule has 1 heterocycles. The third-order valence-corrected chi connectivity index (χ3v) is 3.46. The van der Waals surface area contributed by atoms with E-state index in [0.717, 1.165) is 0 Å². The fourth-order valence-electron chi connectivity index (χ4n) is 1.78. The molecule has 0 saturated heterocycles. The van der Waals surface area contributed by atoms with E-state index in [4.69, 9.17) is 24.5 Å². The zero-order valence-corrected chi connectivity index (χ0v) is 15.6. The third-order valence-electron chi connectivity index (χ3n) is 2.84. The quantitative estimate of drug-likeness (QED) is 0.110. The normalized spacial score (nSPS) is 11.1. The average molecular weight is 412 g/mol. The Labute approximate surface area is 158 Å². The molecular formula is C11H24N8O5S2. The Kier molecular flexibility index (Phi) is 11.3. The van der Waals surface area contributed by atoms with Crippen molar-refractivity contribution in [1.29, 1.82) is 0 Å². The van der Waals surface area contributed by atoms with Crippen LogP contribution < -0.4 is 15.5 Å². The van der Waals surface area contributed by atoms with Gasteiger partial charge in [-0.25, -0.2) is 4.36 Å². The highest BCUT2D eigenvalue weighted by molar-refractivity contribution is 7.77. The van der Waals surface area contributed by atoms with E-state index in [1.54, 1.807) is 4.90 Å². The number of anilines is 3. The summed E-state index contributed by atoms with van der Waals surface area (Å²) in [6.45, 7) is 1.04. The maximum Gasteiger partial charge on any atom is 0.232 e. The first-order valence-corrected chi connectivity index (χ1v) is 9.11. The minimum absolute atomic E-state index is 0.135. The van der Waals surface area contributed by atoms with Crippen molar-refractivity contribution >= 4 is 41.9 Å². The number of aliphatic hydroxyl groups is 2. The summed E-state index contributed by atoms with van der Waals surface area (Å²) in [7, 11) is 0. The van der Waals surface area contributed by atoms with Crippen LogP contribution in [0.3, 0.4) is 0 Å². The predicted octanol–water partition coefficient (Wildman–Crippen LogP) is -1.23. The zero-order valence-electron chi connectivity index (χ0n) is 13.9. The molecule has 0 atom stereocenters. The van der Waals surface area contributed by atoms with E-state index in [0.29, 0.717) is 11.0 Å². The molecule has 0 saturated carbocycles. The molecule has 1 aromatic heterocycles. The first kappa shape index (κ1) is 22.7. The Morgan fingerprint density at radius 2 is 1.54 bits per heavy atom. The van der Waals surface area contributed by atoms with Crippen LogP contribution in [-0.2, 0) is 11.3 Å². The molecule has 0 fully saturated rings. The van der Waals surface area contributed by atoms with Crippen molar-refractivity contribution in [3.05, 3.63) is 0 Å². The van der Waals surface area contributed by atoms with Crippen molar-refractivity contribution in [1.82, 2.24) is 19.4 Å². The number of nitrogens with one attached hydrogen (secondary N) is 2. The van der Waals surface area contributed by atoms with Gasteiger partial charge in [0.1, 0.15) is 0 Å². The average Bonchev–Trinajstić information content (AvgIpc) is 2.58. The monoisotopic (exact) mass is 412 g/mol. The van der Waals surface area contributed by atoms with Crippen LogP contribution in [0.1, 0.15) is 0 Å². The van der Waals surface area contributed by atoms with Gasteiger partial charge in [0.05, 0.1) is 26.3 Å². The topological polar surface area (TPSA) is 183 Å². The lowest BCUT2D eigenvalue weighted by Gasteiger charge is -2.21. The lowest BCUT2D eigenvalue weighted by Crippen LogP contribution is -2.32. The second-order valence-electron chi connectivity index (χ2n) is 4.76. The highest BCUT2D eigenvalue weighted by Crippen LogP contribution is 2.13. The Morgan fingerprint density at radius 3 is 2.04 bits per heavy atom. The van der Waals surface area contributed by atoms with Crippen LogP contribution in [0, 0.1) is 0 Å². The molecule has 1 rings (SSSR count). The molecule has 0 unspecified atom stereocenters. The van der Waals surface area contributed by atoms with Crippen molar-refractivity contribution < 1.29 is 24.5 Å². The van der Waals surface area contributed by atoms with Gasteiger partial charge in [-0.2, -0.15) is 15.0 Å². The molecule has 0 amide bonds. The van der Waals surface area contributed by atoms with Gasteiger partial charge in [0.2, 0.25) is 17.8 Å². The van der Waals surface area contributed by atoms with Gasteiger partial charge in [0.15, 0.2) is 11.3 Å². The molecule has 0 bridgehead atoms. The summed E-state index contributed by atoms with van der Waals surface area (Å²) < 4.78 is 21.7. The van der Waals surface area contributed by atoms with Gasteiger partial charge < -0.3 is 40.1 Å². The number of nitrogens with zero attached hydrogens (tertiary/aromatic N) is 6. The van der Waals surface area contributed by atoms with E-state index in [9.17, 15) is 0 Å². The summed E-state index contributed by atoms with van der Waals surface area (Å²) in [6, 6.07) is 0. The summed E-state index contributed by atoms with van der Waals surface area (Å²) in [5.74, 6) is 0.659. The molecule has 1 aromatic rings. The maximum atomic E-state index is 9.16. The summed E-state index contributed by atoms with van der Waals surface area (Å²) in [5.41, 5.74) is 0. The van der Waals surface area contributed by atoms with Gasteiger partial charge in [0.25, 0.3) is 0 Å². The number of hydrogen-bond acceptors (Lipinski definition) is 12. The van der Waals surface area contributed by atoms with Crippen LogP contribution in [0.15, 0.2) is 4.36 Å². The number of hydrogen-bond donors (Lipinski definition) is 8. The van der Waals surface area contributed by atoms with Crippen molar-refractivity contribution in [2.75, 3.05) is 68.0 Å². The summed E-state index contributed by atoms with van der Waals surface area (Å²) >= 11 is 1.73. The SMILES string of the molecule is OCCN(CCO)c1nc(NCCN=S(O)O)nc(NCCN(O)S)n1. The second-order valence-corrected chi connectivity index (χ2v) is 5.97. The van der Waals surface area contributed by atoms with E-state index < -0.39 is 11.3 Å². The molecule has 0 spiro atoms. The van der Waals surface area contributed by atoms with Crippen molar-refractivity contribution in [2.45, 2.75) is 0 Å². The molecular weight excluding hydrogens is 388 g/mol. The highest BCUT2D eigenvalue weighted by Gasteiger charge is 2.13. The minimum Gasteiger partial charge on any atom is -0.395 e. The Bertz CT molecular complexity index is 557. The van der Waals surface area contributed by atoms with Crippen LogP contribution in [-0.4, -0.2) is 96.4 Å². The third kappa shape index (κ3) is 9.39. The fourth-order valence-corrected chi connectivity index (χ4v) is 2.13. The summed E-state index contributed by atoms with van der Waals surface area (Å²) in [6.07, 6.45) is 0. The van der Waals surface area contributed by atoms with Gasteiger partial charge >= 0.3 is 0 Å². The van der Waals surface area contributed by atoms with Crippen LogP contribution in [0.5, 0.6) is 0 Å². The predicted molar refractivity (Wildman–Crippen MR) is 101 cm³/mol.